The second-order valence-corrected chi connectivity index (χ2v) is 7.53. The molecule has 2 rings (SSSR count). The first-order valence-corrected chi connectivity index (χ1v) is 8.78. The molecule has 1 aliphatic rings. The third-order valence-electron chi connectivity index (χ3n) is 4.08. The third-order valence-corrected chi connectivity index (χ3v) is 5.82. The zero-order chi connectivity index (χ0) is 15.4. The van der Waals surface area contributed by atoms with Gasteiger partial charge < -0.3 is 5.32 Å². The van der Waals surface area contributed by atoms with Crippen molar-refractivity contribution in [1.29, 1.82) is 0 Å². The number of aryl methyl sites for hydroxylation is 1. The van der Waals surface area contributed by atoms with Gasteiger partial charge in [0.25, 0.3) is 5.69 Å². The Bertz CT molecular complexity index is 548. The highest BCUT2D eigenvalue weighted by Gasteiger charge is 2.27. The summed E-state index contributed by atoms with van der Waals surface area (Å²) in [4.78, 5) is 10.8. The van der Waals surface area contributed by atoms with E-state index in [1.807, 2.05) is 19.9 Å². The number of nitro benzene ring substituents is 1. The molecule has 0 bridgehead atoms. The average molecular weight is 310 g/mol. The van der Waals surface area contributed by atoms with Gasteiger partial charge in [0.2, 0.25) is 0 Å². The number of hydrogen-bond acceptors (Lipinski definition) is 4. The van der Waals surface area contributed by atoms with Crippen molar-refractivity contribution in [3.8, 4) is 0 Å². The van der Waals surface area contributed by atoms with E-state index in [1.54, 1.807) is 6.07 Å². The average Bonchev–Trinajstić information content (AvgIpc) is 2.48. The van der Waals surface area contributed by atoms with Crippen LogP contribution in [0.2, 0.25) is 0 Å². The van der Waals surface area contributed by atoms with Crippen LogP contribution in [0, 0.1) is 17.0 Å². The van der Waals surface area contributed by atoms with E-state index in [4.69, 9.17) is 0 Å². The molecule has 116 valence electrons. The summed E-state index contributed by atoms with van der Waals surface area (Å²) in [6, 6.07) is 5.27. The van der Waals surface area contributed by atoms with Gasteiger partial charge in [-0.3, -0.25) is 14.3 Å². The van der Waals surface area contributed by atoms with E-state index in [9.17, 15) is 14.3 Å². The van der Waals surface area contributed by atoms with Gasteiger partial charge in [0.1, 0.15) is 5.69 Å². The Morgan fingerprint density at radius 2 is 2.19 bits per heavy atom. The maximum atomic E-state index is 12.0. The number of anilines is 1. The summed E-state index contributed by atoms with van der Waals surface area (Å²) >= 11 is 0. The first-order valence-electron chi connectivity index (χ1n) is 7.40. The molecule has 0 saturated heterocycles. The highest BCUT2D eigenvalue weighted by atomic mass is 32.2. The standard InChI is InChI=1S/C15H22N2O3S/c1-3-21(20)13-8-5-7-12(10-13)16-15-11(2)6-4-9-14(15)17(18)19/h4,6,9,12-13,16H,3,5,7-8,10H2,1-2H3. The lowest BCUT2D eigenvalue weighted by atomic mass is 9.94. The van der Waals surface area contributed by atoms with Crippen LogP contribution in [0.3, 0.4) is 0 Å². The summed E-state index contributed by atoms with van der Waals surface area (Å²) in [6.45, 7) is 3.82. The molecule has 1 aromatic rings. The monoisotopic (exact) mass is 310 g/mol. The fraction of sp³-hybridized carbons (Fsp3) is 0.600. The minimum atomic E-state index is -0.785. The molecule has 0 spiro atoms. The van der Waals surface area contributed by atoms with Crippen LogP contribution in [0.5, 0.6) is 0 Å². The van der Waals surface area contributed by atoms with Crippen LogP contribution in [0.4, 0.5) is 11.4 Å². The first kappa shape index (κ1) is 15.9. The summed E-state index contributed by atoms with van der Waals surface area (Å²) in [6.07, 6.45) is 3.82. The SMILES string of the molecule is CCS(=O)C1CCCC(Nc2c(C)cccc2[N+](=O)[O-])C1. The quantitative estimate of drug-likeness (QED) is 0.668. The number of rotatable bonds is 5. The molecule has 1 aliphatic carbocycles. The second-order valence-electron chi connectivity index (χ2n) is 5.53. The Morgan fingerprint density at radius 3 is 2.86 bits per heavy atom. The molecule has 3 atom stereocenters. The number of benzene rings is 1. The van der Waals surface area contributed by atoms with Crippen molar-refractivity contribution in [3.05, 3.63) is 33.9 Å². The Morgan fingerprint density at radius 1 is 1.43 bits per heavy atom. The minimum Gasteiger partial charge on any atom is -0.377 e. The topological polar surface area (TPSA) is 72.2 Å². The first-order chi connectivity index (χ1) is 10.0. The molecular formula is C15H22N2O3S. The van der Waals surface area contributed by atoms with Crippen LogP contribution in [0.25, 0.3) is 0 Å². The van der Waals surface area contributed by atoms with Crippen molar-refractivity contribution in [3.63, 3.8) is 0 Å². The Hall–Kier alpha value is -1.43. The summed E-state index contributed by atoms with van der Waals surface area (Å²) < 4.78 is 12.0. The molecule has 0 radical (unpaired) electrons. The third kappa shape index (κ3) is 3.81. The molecule has 3 unspecified atom stereocenters. The van der Waals surface area contributed by atoms with Gasteiger partial charge in [-0.15, -0.1) is 0 Å². The van der Waals surface area contributed by atoms with Crippen LogP contribution < -0.4 is 5.32 Å². The molecule has 0 aliphatic heterocycles. The smallest absolute Gasteiger partial charge is 0.292 e. The molecular weight excluding hydrogens is 288 g/mol. The largest absolute Gasteiger partial charge is 0.377 e. The number of nitrogens with one attached hydrogen (secondary N) is 1. The number of nitro groups is 1. The normalized spacial score (nSPS) is 23.5. The van der Waals surface area contributed by atoms with E-state index in [2.05, 4.69) is 5.32 Å². The van der Waals surface area contributed by atoms with Crippen molar-refractivity contribution >= 4 is 22.2 Å². The Balaban J connectivity index is 2.15. The molecule has 1 fully saturated rings. The van der Waals surface area contributed by atoms with E-state index in [0.29, 0.717) is 11.4 Å². The van der Waals surface area contributed by atoms with Gasteiger partial charge >= 0.3 is 0 Å². The predicted molar refractivity (Wildman–Crippen MR) is 86.2 cm³/mol. The molecule has 0 heterocycles. The molecule has 1 aromatic carbocycles. The summed E-state index contributed by atoms with van der Waals surface area (Å²) in [5.74, 6) is 0.682. The van der Waals surface area contributed by atoms with Gasteiger partial charge in [-0.25, -0.2) is 0 Å². The van der Waals surface area contributed by atoms with Crippen molar-refractivity contribution in [1.82, 2.24) is 0 Å². The molecule has 5 nitrogen and oxygen atoms in total. The van der Waals surface area contributed by atoms with Crippen molar-refractivity contribution in [2.75, 3.05) is 11.1 Å². The molecule has 21 heavy (non-hydrogen) atoms. The summed E-state index contributed by atoms with van der Waals surface area (Å²) in [7, 11) is -0.785. The molecule has 0 amide bonds. The lowest BCUT2D eigenvalue weighted by Crippen LogP contribution is -2.33. The van der Waals surface area contributed by atoms with E-state index >= 15 is 0 Å². The van der Waals surface area contributed by atoms with Gasteiger partial charge in [0.15, 0.2) is 0 Å². The zero-order valence-corrected chi connectivity index (χ0v) is 13.3. The summed E-state index contributed by atoms with van der Waals surface area (Å²) in [5.41, 5.74) is 1.60. The van der Waals surface area contributed by atoms with Gasteiger partial charge in [0, 0.05) is 33.9 Å². The second kappa shape index (κ2) is 7.02. The van der Waals surface area contributed by atoms with Gasteiger partial charge in [-0.1, -0.05) is 25.5 Å². The molecule has 6 heteroatoms. The number of hydrogen-bond donors (Lipinski definition) is 1. The zero-order valence-electron chi connectivity index (χ0n) is 12.5. The molecule has 1 saturated carbocycles. The van der Waals surface area contributed by atoms with Crippen LogP contribution in [0.1, 0.15) is 38.2 Å². The highest BCUT2D eigenvalue weighted by Crippen LogP contribution is 2.32. The maximum Gasteiger partial charge on any atom is 0.292 e. The molecule has 0 aromatic heterocycles. The highest BCUT2D eigenvalue weighted by molar-refractivity contribution is 7.85. The van der Waals surface area contributed by atoms with Gasteiger partial charge in [-0.05, 0) is 31.7 Å². The lowest BCUT2D eigenvalue weighted by molar-refractivity contribution is -0.384. The van der Waals surface area contributed by atoms with Crippen molar-refractivity contribution in [2.45, 2.75) is 50.8 Å². The van der Waals surface area contributed by atoms with Gasteiger partial charge in [0.05, 0.1) is 4.92 Å². The lowest BCUT2D eigenvalue weighted by Gasteiger charge is -2.30. The predicted octanol–water partition coefficient (Wildman–Crippen LogP) is 3.39. The Kier molecular flexibility index (Phi) is 5.33. The fourth-order valence-electron chi connectivity index (χ4n) is 2.95. The molecule has 1 N–H and O–H groups in total. The van der Waals surface area contributed by atoms with Crippen molar-refractivity contribution < 1.29 is 9.13 Å². The van der Waals surface area contributed by atoms with Crippen LogP contribution in [0.15, 0.2) is 18.2 Å². The number of nitrogens with zero attached hydrogens (tertiary/aromatic N) is 1. The minimum absolute atomic E-state index is 0.119. The van der Waals surface area contributed by atoms with Crippen LogP contribution >= 0.6 is 0 Å². The Labute approximate surface area is 127 Å². The van der Waals surface area contributed by atoms with E-state index < -0.39 is 10.8 Å². The van der Waals surface area contributed by atoms with Crippen molar-refractivity contribution in [2.24, 2.45) is 0 Å². The maximum absolute atomic E-state index is 12.0. The number of para-hydroxylation sites is 1. The van der Waals surface area contributed by atoms with E-state index in [-0.39, 0.29) is 21.9 Å². The van der Waals surface area contributed by atoms with E-state index in [0.717, 1.165) is 31.2 Å². The van der Waals surface area contributed by atoms with E-state index in [1.165, 1.54) is 6.07 Å². The summed E-state index contributed by atoms with van der Waals surface area (Å²) in [5, 5.41) is 14.7. The fourth-order valence-corrected chi connectivity index (χ4v) is 4.29. The van der Waals surface area contributed by atoms with Crippen LogP contribution in [-0.2, 0) is 10.8 Å². The van der Waals surface area contributed by atoms with Gasteiger partial charge in [-0.2, -0.15) is 0 Å². The van der Waals surface area contributed by atoms with Crippen LogP contribution in [-0.4, -0.2) is 26.2 Å².